The van der Waals surface area contributed by atoms with Crippen LogP contribution in [0.5, 0.6) is 0 Å². The van der Waals surface area contributed by atoms with Gasteiger partial charge in [0.05, 0.1) is 13.2 Å². The fraction of sp³-hybridized carbons (Fsp3) is 0.375. The Morgan fingerprint density at radius 3 is 2.03 bits per heavy atom. The summed E-state index contributed by atoms with van der Waals surface area (Å²) in [5.41, 5.74) is 1.82. The van der Waals surface area contributed by atoms with Gasteiger partial charge in [0.2, 0.25) is 11.8 Å². The van der Waals surface area contributed by atoms with Gasteiger partial charge in [-0.05, 0) is 30.5 Å². The third kappa shape index (κ3) is 6.65. The van der Waals surface area contributed by atoms with Crippen molar-refractivity contribution in [2.24, 2.45) is 0 Å². The van der Waals surface area contributed by atoms with Crippen LogP contribution in [-0.2, 0) is 32.0 Å². The van der Waals surface area contributed by atoms with Crippen LogP contribution in [0.25, 0.3) is 0 Å². The zero-order chi connectivity index (χ0) is 22.1. The van der Waals surface area contributed by atoms with E-state index in [2.05, 4.69) is 16.0 Å². The molecule has 0 aromatic heterocycles. The molecule has 0 bridgehead atoms. The normalized spacial score (nSPS) is 17.4. The van der Waals surface area contributed by atoms with Gasteiger partial charge in [-0.1, -0.05) is 60.7 Å². The first kappa shape index (κ1) is 22.5. The number of hydrogen-bond acceptors (Lipinski definition) is 5. The Balaban J connectivity index is 1.74. The van der Waals surface area contributed by atoms with E-state index in [1.807, 2.05) is 60.7 Å². The Labute approximate surface area is 182 Å². The maximum Gasteiger partial charge on any atom is 0.328 e. The Morgan fingerprint density at radius 2 is 1.52 bits per heavy atom. The van der Waals surface area contributed by atoms with Crippen molar-refractivity contribution >= 4 is 17.8 Å². The molecule has 0 unspecified atom stereocenters. The third-order valence-electron chi connectivity index (χ3n) is 5.38. The van der Waals surface area contributed by atoms with E-state index < -0.39 is 24.0 Å². The summed E-state index contributed by atoms with van der Waals surface area (Å²) in [4.78, 5) is 38.2. The van der Waals surface area contributed by atoms with Gasteiger partial charge in [-0.25, -0.2) is 4.79 Å². The van der Waals surface area contributed by atoms with Crippen molar-refractivity contribution in [1.29, 1.82) is 0 Å². The van der Waals surface area contributed by atoms with Crippen molar-refractivity contribution in [3.8, 4) is 0 Å². The first-order valence-electron chi connectivity index (χ1n) is 10.6. The predicted molar refractivity (Wildman–Crippen MR) is 117 cm³/mol. The van der Waals surface area contributed by atoms with Crippen molar-refractivity contribution in [2.75, 3.05) is 13.7 Å². The Kier molecular flexibility index (Phi) is 8.18. The summed E-state index contributed by atoms with van der Waals surface area (Å²) < 4.78 is 4.89. The van der Waals surface area contributed by atoms with Crippen LogP contribution in [0, 0.1) is 0 Å². The van der Waals surface area contributed by atoms with Gasteiger partial charge in [-0.2, -0.15) is 0 Å². The molecule has 2 amide bonds. The predicted octanol–water partition coefficient (Wildman–Crippen LogP) is 1.37. The highest BCUT2D eigenvalue weighted by atomic mass is 16.5. The summed E-state index contributed by atoms with van der Waals surface area (Å²) in [6.07, 6.45) is 2.29. The largest absolute Gasteiger partial charge is 0.467 e. The molecule has 1 aliphatic rings. The van der Waals surface area contributed by atoms with Crippen LogP contribution in [0.2, 0.25) is 0 Å². The first-order chi connectivity index (χ1) is 15.1. The molecule has 2 aromatic carbocycles. The number of methoxy groups -OCH3 is 1. The second-order valence-electron chi connectivity index (χ2n) is 7.67. The van der Waals surface area contributed by atoms with E-state index in [-0.39, 0.29) is 11.9 Å². The van der Waals surface area contributed by atoms with Gasteiger partial charge in [-0.3, -0.25) is 9.59 Å². The Morgan fingerprint density at radius 1 is 0.935 bits per heavy atom. The molecular formula is C24H29N3O4. The SMILES string of the molecule is COC(=O)[C@H](Cc1ccccc1)NC(=O)[C@H](Cc1ccccc1)NC(=O)[C@@H]1CCCN1. The van der Waals surface area contributed by atoms with Gasteiger partial charge < -0.3 is 20.7 Å². The molecule has 7 nitrogen and oxygen atoms in total. The van der Waals surface area contributed by atoms with Gasteiger partial charge in [0, 0.05) is 12.8 Å². The maximum absolute atomic E-state index is 13.2. The lowest BCUT2D eigenvalue weighted by Crippen LogP contribution is -2.55. The molecule has 1 aliphatic heterocycles. The molecule has 1 saturated heterocycles. The number of ether oxygens (including phenoxy) is 1. The molecule has 0 saturated carbocycles. The maximum atomic E-state index is 13.2. The molecular weight excluding hydrogens is 394 g/mol. The molecule has 2 aromatic rings. The molecule has 31 heavy (non-hydrogen) atoms. The molecule has 164 valence electrons. The fourth-order valence-electron chi connectivity index (χ4n) is 3.70. The molecule has 0 aliphatic carbocycles. The lowest BCUT2D eigenvalue weighted by molar-refractivity contribution is -0.145. The van der Waals surface area contributed by atoms with Crippen LogP contribution in [0.1, 0.15) is 24.0 Å². The van der Waals surface area contributed by atoms with Crippen LogP contribution in [0.3, 0.4) is 0 Å². The number of benzene rings is 2. The molecule has 0 radical (unpaired) electrons. The van der Waals surface area contributed by atoms with Crippen molar-refractivity contribution < 1.29 is 19.1 Å². The molecule has 1 fully saturated rings. The topological polar surface area (TPSA) is 96.5 Å². The summed E-state index contributed by atoms with van der Waals surface area (Å²) in [7, 11) is 1.29. The highest BCUT2D eigenvalue weighted by molar-refractivity contribution is 5.92. The number of carbonyl (C=O) groups is 3. The number of nitrogens with one attached hydrogen (secondary N) is 3. The van der Waals surface area contributed by atoms with Gasteiger partial charge in [0.15, 0.2) is 0 Å². The number of amides is 2. The standard InChI is InChI=1S/C24H29N3O4/c1-31-24(30)21(16-18-11-6-3-7-12-18)27-23(29)20(15-17-9-4-2-5-10-17)26-22(28)19-13-8-14-25-19/h2-7,9-12,19-21,25H,8,13-16H2,1H3,(H,26,28)(H,27,29)/t19-,20-,21-/m0/s1. The number of carbonyl (C=O) groups excluding carboxylic acids is 3. The lowest BCUT2D eigenvalue weighted by Gasteiger charge is -2.24. The van der Waals surface area contributed by atoms with E-state index in [0.29, 0.717) is 12.8 Å². The number of esters is 1. The minimum atomic E-state index is -0.848. The van der Waals surface area contributed by atoms with Crippen LogP contribution in [0.15, 0.2) is 60.7 Å². The van der Waals surface area contributed by atoms with E-state index in [0.717, 1.165) is 30.5 Å². The van der Waals surface area contributed by atoms with Gasteiger partial charge in [0.25, 0.3) is 0 Å². The zero-order valence-electron chi connectivity index (χ0n) is 17.7. The third-order valence-corrected chi connectivity index (χ3v) is 5.38. The van der Waals surface area contributed by atoms with E-state index >= 15 is 0 Å². The second-order valence-corrected chi connectivity index (χ2v) is 7.67. The molecule has 3 atom stereocenters. The summed E-state index contributed by atoms with van der Waals surface area (Å²) >= 11 is 0. The Bertz CT molecular complexity index is 867. The van der Waals surface area contributed by atoms with Crippen LogP contribution >= 0.6 is 0 Å². The van der Waals surface area contributed by atoms with Gasteiger partial charge in [0.1, 0.15) is 12.1 Å². The minimum Gasteiger partial charge on any atom is -0.467 e. The zero-order valence-corrected chi connectivity index (χ0v) is 17.7. The fourth-order valence-corrected chi connectivity index (χ4v) is 3.70. The monoisotopic (exact) mass is 423 g/mol. The van der Waals surface area contributed by atoms with Gasteiger partial charge in [-0.15, -0.1) is 0 Å². The van der Waals surface area contributed by atoms with Crippen molar-refractivity contribution in [3.05, 3.63) is 71.8 Å². The number of hydrogen-bond donors (Lipinski definition) is 3. The average molecular weight is 424 g/mol. The van der Waals surface area contributed by atoms with E-state index in [1.54, 1.807) is 0 Å². The lowest BCUT2D eigenvalue weighted by atomic mass is 10.0. The van der Waals surface area contributed by atoms with E-state index in [9.17, 15) is 14.4 Å². The average Bonchev–Trinajstić information content (AvgIpc) is 3.34. The van der Waals surface area contributed by atoms with Gasteiger partial charge >= 0.3 is 5.97 Å². The van der Waals surface area contributed by atoms with Crippen LogP contribution < -0.4 is 16.0 Å². The quantitative estimate of drug-likeness (QED) is 0.530. The molecule has 7 heteroatoms. The summed E-state index contributed by atoms with van der Waals surface area (Å²) in [5, 5.41) is 8.80. The van der Waals surface area contributed by atoms with Crippen molar-refractivity contribution in [1.82, 2.24) is 16.0 Å². The smallest absolute Gasteiger partial charge is 0.328 e. The summed E-state index contributed by atoms with van der Waals surface area (Å²) in [6.45, 7) is 0.787. The summed E-state index contributed by atoms with van der Waals surface area (Å²) in [5.74, 6) is -1.15. The van der Waals surface area contributed by atoms with Crippen LogP contribution in [0.4, 0.5) is 0 Å². The first-order valence-corrected chi connectivity index (χ1v) is 10.6. The van der Waals surface area contributed by atoms with Crippen LogP contribution in [-0.4, -0.2) is 49.6 Å². The van der Waals surface area contributed by atoms with E-state index in [4.69, 9.17) is 4.74 Å². The highest BCUT2D eigenvalue weighted by Crippen LogP contribution is 2.09. The summed E-state index contributed by atoms with van der Waals surface area (Å²) in [6, 6.07) is 16.9. The highest BCUT2D eigenvalue weighted by Gasteiger charge is 2.30. The Hall–Kier alpha value is -3.19. The molecule has 0 spiro atoms. The number of rotatable bonds is 9. The molecule has 1 heterocycles. The minimum absolute atomic E-state index is 0.203. The molecule has 3 N–H and O–H groups in total. The van der Waals surface area contributed by atoms with Crippen molar-refractivity contribution in [3.63, 3.8) is 0 Å². The van der Waals surface area contributed by atoms with E-state index in [1.165, 1.54) is 7.11 Å². The molecule has 3 rings (SSSR count). The van der Waals surface area contributed by atoms with Crippen molar-refractivity contribution in [2.45, 2.75) is 43.8 Å². The second kappa shape index (κ2) is 11.3.